The van der Waals surface area contributed by atoms with Gasteiger partial charge in [0.1, 0.15) is 0 Å². The first-order chi connectivity index (χ1) is 12.2. The van der Waals surface area contributed by atoms with Crippen LogP contribution in [-0.2, 0) is 15.9 Å². The number of nitrogens with two attached hydrogens (primary N) is 1. The Kier molecular flexibility index (Phi) is 6.58. The van der Waals surface area contributed by atoms with Crippen molar-refractivity contribution in [3.05, 3.63) is 35.4 Å². The molecular formula is C17H25N2O6P. The van der Waals surface area contributed by atoms with Gasteiger partial charge in [-0.2, -0.15) is 0 Å². The van der Waals surface area contributed by atoms with Crippen molar-refractivity contribution in [3.63, 3.8) is 0 Å². The number of hydrogen-bond acceptors (Lipinski definition) is 5. The maximum Gasteiger partial charge on any atom is 0.336 e. The number of hydrogen-bond donors (Lipinski definition) is 4. The SMILES string of the molecule is NCCCCC1(C(=O)O)CN(Cc2ccccc2C(=O)O)CCP1(=O)O. The standard InChI is InChI=1S/C17H25N2O6P/c18-8-4-3-7-17(16(22)23)12-19(9-10-26(17,24)25)11-13-5-1-2-6-14(13)15(20)21/h1-2,5-6H,3-4,7-12,18H2,(H,20,21)(H,22,23)(H,24,25). The van der Waals surface area contributed by atoms with Crippen molar-refractivity contribution < 1.29 is 29.3 Å². The summed E-state index contributed by atoms with van der Waals surface area (Å²) in [6.45, 7) is 0.762. The number of carboxylic acid groups (broad SMARTS) is 2. The van der Waals surface area contributed by atoms with Crippen molar-refractivity contribution in [2.75, 3.05) is 25.8 Å². The summed E-state index contributed by atoms with van der Waals surface area (Å²) in [5.41, 5.74) is 6.16. The highest BCUT2D eigenvalue weighted by Crippen LogP contribution is 2.59. The summed E-state index contributed by atoms with van der Waals surface area (Å²) in [6.07, 6.45) is 0.978. The number of aromatic carboxylic acids is 1. The Hall–Kier alpha value is -1.73. The summed E-state index contributed by atoms with van der Waals surface area (Å²) in [5, 5.41) is 17.3. The number of benzene rings is 1. The number of unbranched alkanes of at least 4 members (excludes halogenated alkanes) is 1. The first-order valence-corrected chi connectivity index (χ1v) is 10.4. The van der Waals surface area contributed by atoms with Crippen LogP contribution in [0.15, 0.2) is 24.3 Å². The smallest absolute Gasteiger partial charge is 0.336 e. The summed E-state index contributed by atoms with van der Waals surface area (Å²) < 4.78 is 12.7. The summed E-state index contributed by atoms with van der Waals surface area (Å²) in [6, 6.07) is 6.51. The quantitative estimate of drug-likeness (QED) is 0.390. The van der Waals surface area contributed by atoms with Crippen molar-refractivity contribution in [1.29, 1.82) is 0 Å². The number of carboxylic acids is 2. The lowest BCUT2D eigenvalue weighted by Gasteiger charge is -2.43. The Morgan fingerprint density at radius 3 is 2.54 bits per heavy atom. The molecule has 2 rings (SSSR count). The third-order valence-electron chi connectivity index (χ3n) is 4.96. The van der Waals surface area contributed by atoms with Gasteiger partial charge in [0.05, 0.1) is 5.56 Å². The zero-order chi connectivity index (χ0) is 19.4. The van der Waals surface area contributed by atoms with Crippen LogP contribution in [0.3, 0.4) is 0 Å². The highest BCUT2D eigenvalue weighted by atomic mass is 31.2. The Morgan fingerprint density at radius 2 is 1.92 bits per heavy atom. The zero-order valence-electron chi connectivity index (χ0n) is 14.5. The summed E-state index contributed by atoms with van der Waals surface area (Å²) in [5.74, 6) is -2.34. The molecule has 1 heterocycles. The number of aliphatic carboxylic acids is 1. The average Bonchev–Trinajstić information content (AvgIpc) is 2.58. The third-order valence-corrected chi connectivity index (χ3v) is 7.66. The van der Waals surface area contributed by atoms with E-state index in [4.69, 9.17) is 5.73 Å². The van der Waals surface area contributed by atoms with Gasteiger partial charge in [0.2, 0.25) is 7.37 Å². The molecule has 0 aromatic heterocycles. The molecule has 1 aliphatic rings. The van der Waals surface area contributed by atoms with E-state index in [9.17, 15) is 29.3 Å². The van der Waals surface area contributed by atoms with E-state index in [1.54, 1.807) is 23.1 Å². The monoisotopic (exact) mass is 384 g/mol. The fourth-order valence-corrected chi connectivity index (χ4v) is 5.64. The Bertz CT molecular complexity index is 725. The minimum Gasteiger partial charge on any atom is -0.480 e. The first kappa shape index (κ1) is 20.6. The molecule has 26 heavy (non-hydrogen) atoms. The van der Waals surface area contributed by atoms with Gasteiger partial charge in [-0.3, -0.25) is 14.3 Å². The molecular weight excluding hydrogens is 359 g/mol. The van der Waals surface area contributed by atoms with Gasteiger partial charge in [-0.25, -0.2) is 4.79 Å². The second-order valence-electron chi connectivity index (χ2n) is 6.68. The molecule has 8 nitrogen and oxygen atoms in total. The fraction of sp³-hybridized carbons (Fsp3) is 0.529. The molecule has 9 heteroatoms. The van der Waals surface area contributed by atoms with Gasteiger partial charge in [0.15, 0.2) is 5.16 Å². The normalized spacial score (nSPS) is 26.5. The van der Waals surface area contributed by atoms with Crippen LogP contribution in [0.4, 0.5) is 0 Å². The van der Waals surface area contributed by atoms with Crippen LogP contribution in [0.2, 0.25) is 0 Å². The van der Waals surface area contributed by atoms with Crippen molar-refractivity contribution >= 4 is 19.3 Å². The van der Waals surface area contributed by atoms with E-state index in [1.165, 1.54) is 6.07 Å². The van der Waals surface area contributed by atoms with Gasteiger partial charge >= 0.3 is 11.9 Å². The summed E-state index contributed by atoms with van der Waals surface area (Å²) >= 11 is 0. The molecule has 2 atom stereocenters. The molecule has 2 unspecified atom stereocenters. The summed E-state index contributed by atoms with van der Waals surface area (Å²) in [7, 11) is -3.90. The van der Waals surface area contributed by atoms with Crippen LogP contribution in [0.25, 0.3) is 0 Å². The Labute approximate surface area is 152 Å². The van der Waals surface area contributed by atoms with Crippen molar-refractivity contribution in [3.8, 4) is 0 Å². The van der Waals surface area contributed by atoms with Crippen LogP contribution in [-0.4, -0.2) is 62.9 Å². The molecule has 1 fully saturated rings. The van der Waals surface area contributed by atoms with E-state index in [2.05, 4.69) is 0 Å². The van der Waals surface area contributed by atoms with Gasteiger partial charge in [-0.05, 0) is 31.0 Å². The highest BCUT2D eigenvalue weighted by molar-refractivity contribution is 7.61. The lowest BCUT2D eigenvalue weighted by Crippen LogP contribution is -2.54. The minimum atomic E-state index is -3.90. The molecule has 5 N–H and O–H groups in total. The van der Waals surface area contributed by atoms with Crippen LogP contribution in [0, 0.1) is 0 Å². The zero-order valence-corrected chi connectivity index (χ0v) is 15.4. The van der Waals surface area contributed by atoms with Crippen LogP contribution >= 0.6 is 7.37 Å². The fourth-order valence-electron chi connectivity index (χ4n) is 3.43. The van der Waals surface area contributed by atoms with Gasteiger partial charge in [0.25, 0.3) is 0 Å². The third kappa shape index (κ3) is 4.15. The van der Waals surface area contributed by atoms with E-state index in [0.29, 0.717) is 24.9 Å². The molecule has 0 bridgehead atoms. The lowest BCUT2D eigenvalue weighted by atomic mass is 9.98. The summed E-state index contributed by atoms with van der Waals surface area (Å²) in [4.78, 5) is 35.5. The molecule has 144 valence electrons. The predicted molar refractivity (Wildman–Crippen MR) is 96.6 cm³/mol. The lowest BCUT2D eigenvalue weighted by molar-refractivity contribution is -0.141. The molecule has 0 saturated carbocycles. The van der Waals surface area contributed by atoms with E-state index < -0.39 is 24.5 Å². The second-order valence-corrected chi connectivity index (χ2v) is 9.39. The average molecular weight is 384 g/mol. The maximum absolute atomic E-state index is 12.7. The van der Waals surface area contributed by atoms with Gasteiger partial charge in [-0.15, -0.1) is 0 Å². The molecule has 0 aliphatic carbocycles. The van der Waals surface area contributed by atoms with Crippen molar-refractivity contribution in [2.24, 2.45) is 5.73 Å². The second kappa shape index (κ2) is 8.31. The number of carbonyl (C=O) groups is 2. The highest BCUT2D eigenvalue weighted by Gasteiger charge is 2.56. The van der Waals surface area contributed by atoms with E-state index in [1.807, 2.05) is 0 Å². The molecule has 0 amide bonds. The Balaban J connectivity index is 2.27. The van der Waals surface area contributed by atoms with E-state index >= 15 is 0 Å². The maximum atomic E-state index is 12.7. The van der Waals surface area contributed by atoms with Gasteiger partial charge < -0.3 is 20.8 Å². The topological polar surface area (TPSA) is 141 Å². The molecule has 1 aromatic carbocycles. The van der Waals surface area contributed by atoms with Crippen LogP contribution in [0.1, 0.15) is 35.2 Å². The van der Waals surface area contributed by atoms with Gasteiger partial charge in [0, 0.05) is 25.8 Å². The molecule has 0 spiro atoms. The minimum absolute atomic E-state index is 0.0738. The largest absolute Gasteiger partial charge is 0.480 e. The molecule has 1 saturated heterocycles. The molecule has 1 aromatic rings. The van der Waals surface area contributed by atoms with Gasteiger partial charge in [-0.1, -0.05) is 24.6 Å². The predicted octanol–water partition coefficient (Wildman–Crippen LogP) is 1.42. The van der Waals surface area contributed by atoms with Crippen molar-refractivity contribution in [1.82, 2.24) is 4.90 Å². The van der Waals surface area contributed by atoms with Crippen LogP contribution in [0.5, 0.6) is 0 Å². The van der Waals surface area contributed by atoms with E-state index in [-0.39, 0.29) is 37.8 Å². The van der Waals surface area contributed by atoms with Crippen LogP contribution < -0.4 is 5.73 Å². The number of nitrogens with zero attached hydrogens (tertiary/aromatic N) is 1. The van der Waals surface area contributed by atoms with Crippen molar-refractivity contribution in [2.45, 2.75) is 31.0 Å². The molecule has 1 aliphatic heterocycles. The molecule has 0 radical (unpaired) electrons. The Morgan fingerprint density at radius 1 is 1.23 bits per heavy atom. The number of rotatable bonds is 8. The first-order valence-electron chi connectivity index (χ1n) is 8.52. The van der Waals surface area contributed by atoms with E-state index in [0.717, 1.165) is 0 Å².